The van der Waals surface area contributed by atoms with Crippen molar-refractivity contribution in [3.05, 3.63) is 124 Å². The molecular formula is C34H36O. The molecule has 5 rings (SSSR count). The second-order valence-corrected chi connectivity index (χ2v) is 10.1. The molecule has 1 aliphatic rings. The molecule has 1 aliphatic carbocycles. The van der Waals surface area contributed by atoms with Gasteiger partial charge in [0.1, 0.15) is 5.75 Å². The Kier molecular flexibility index (Phi) is 6.52. The number of fused-ring (bicyclic) bond motifs is 3. The van der Waals surface area contributed by atoms with Crippen LogP contribution < -0.4 is 4.74 Å². The van der Waals surface area contributed by atoms with Crippen molar-refractivity contribution in [3.63, 3.8) is 0 Å². The van der Waals surface area contributed by atoms with Crippen molar-refractivity contribution >= 4 is 0 Å². The van der Waals surface area contributed by atoms with Gasteiger partial charge in [0.15, 0.2) is 0 Å². The lowest BCUT2D eigenvalue weighted by Crippen LogP contribution is -2.28. The summed E-state index contributed by atoms with van der Waals surface area (Å²) < 4.78 is 6.10. The summed E-state index contributed by atoms with van der Waals surface area (Å²) in [5.74, 6) is 0.955. The first-order valence-corrected chi connectivity index (χ1v) is 13.1. The SMILES string of the molecule is CCCCCCOc1ccc(C2(c3ccc(C)cc3)c3cc(C)ccc3-c3ccc(C)cc32)cc1. The summed E-state index contributed by atoms with van der Waals surface area (Å²) in [5.41, 5.74) is 11.5. The molecule has 0 amide bonds. The normalized spacial score (nSPS) is 13.4. The molecule has 0 saturated heterocycles. The van der Waals surface area contributed by atoms with Crippen molar-refractivity contribution < 1.29 is 4.74 Å². The molecule has 0 unspecified atom stereocenters. The highest BCUT2D eigenvalue weighted by molar-refractivity contribution is 5.86. The van der Waals surface area contributed by atoms with E-state index in [0.717, 1.165) is 18.8 Å². The zero-order valence-corrected chi connectivity index (χ0v) is 21.5. The molecule has 178 valence electrons. The molecule has 0 bridgehead atoms. The van der Waals surface area contributed by atoms with Gasteiger partial charge in [0.25, 0.3) is 0 Å². The molecule has 0 aromatic heterocycles. The molecule has 0 N–H and O–H groups in total. The van der Waals surface area contributed by atoms with Crippen molar-refractivity contribution in [2.45, 2.75) is 58.8 Å². The quantitative estimate of drug-likeness (QED) is 0.210. The number of benzene rings is 4. The second kappa shape index (κ2) is 9.74. The van der Waals surface area contributed by atoms with Gasteiger partial charge in [-0.1, -0.05) is 116 Å². The zero-order chi connectivity index (χ0) is 24.4. The first-order chi connectivity index (χ1) is 17.0. The Morgan fingerprint density at radius 1 is 0.571 bits per heavy atom. The number of rotatable bonds is 8. The van der Waals surface area contributed by atoms with Gasteiger partial charge in [-0.25, -0.2) is 0 Å². The summed E-state index contributed by atoms with van der Waals surface area (Å²) in [7, 11) is 0. The average Bonchev–Trinajstić information content (AvgIpc) is 3.14. The maximum atomic E-state index is 6.10. The van der Waals surface area contributed by atoms with Gasteiger partial charge in [-0.05, 0) is 72.7 Å². The molecule has 0 radical (unpaired) electrons. The maximum absolute atomic E-state index is 6.10. The molecule has 0 fully saturated rings. The Morgan fingerprint density at radius 3 is 1.63 bits per heavy atom. The van der Waals surface area contributed by atoms with E-state index in [4.69, 9.17) is 4.74 Å². The lowest BCUT2D eigenvalue weighted by atomic mass is 9.67. The van der Waals surface area contributed by atoms with Crippen molar-refractivity contribution in [1.29, 1.82) is 0 Å². The highest BCUT2D eigenvalue weighted by Gasteiger charge is 2.46. The van der Waals surface area contributed by atoms with Crippen LogP contribution in [0.1, 0.15) is 71.6 Å². The van der Waals surface area contributed by atoms with E-state index in [1.807, 2.05) is 0 Å². The lowest BCUT2D eigenvalue weighted by molar-refractivity contribution is 0.305. The summed E-state index contributed by atoms with van der Waals surface area (Å²) in [6.07, 6.45) is 4.87. The van der Waals surface area contributed by atoms with Crippen LogP contribution in [0.15, 0.2) is 84.9 Å². The van der Waals surface area contributed by atoms with E-state index in [1.165, 1.54) is 69.3 Å². The fraction of sp³-hybridized carbons (Fsp3) is 0.294. The Balaban J connectivity index is 1.66. The van der Waals surface area contributed by atoms with Gasteiger partial charge in [0.05, 0.1) is 12.0 Å². The fourth-order valence-corrected chi connectivity index (χ4v) is 5.66. The Labute approximate surface area is 210 Å². The molecule has 1 heteroatoms. The van der Waals surface area contributed by atoms with E-state index >= 15 is 0 Å². The van der Waals surface area contributed by atoms with E-state index in [-0.39, 0.29) is 5.41 Å². The Morgan fingerprint density at radius 2 is 1.09 bits per heavy atom. The number of hydrogen-bond acceptors (Lipinski definition) is 1. The van der Waals surface area contributed by atoms with Crippen molar-refractivity contribution in [3.8, 4) is 16.9 Å². The van der Waals surface area contributed by atoms with Crippen LogP contribution in [0.3, 0.4) is 0 Å². The monoisotopic (exact) mass is 460 g/mol. The van der Waals surface area contributed by atoms with Gasteiger partial charge < -0.3 is 4.74 Å². The predicted molar refractivity (Wildman–Crippen MR) is 148 cm³/mol. The fourth-order valence-electron chi connectivity index (χ4n) is 5.66. The van der Waals surface area contributed by atoms with Crippen LogP contribution in [-0.2, 0) is 5.41 Å². The minimum Gasteiger partial charge on any atom is -0.494 e. The third kappa shape index (κ3) is 4.18. The smallest absolute Gasteiger partial charge is 0.119 e. The molecular weight excluding hydrogens is 424 g/mol. The van der Waals surface area contributed by atoms with E-state index in [2.05, 4.69) is 113 Å². The summed E-state index contributed by atoms with van der Waals surface area (Å²) in [6.45, 7) is 9.58. The molecule has 0 heterocycles. The van der Waals surface area contributed by atoms with Crippen LogP contribution in [0.25, 0.3) is 11.1 Å². The average molecular weight is 461 g/mol. The van der Waals surface area contributed by atoms with Crippen LogP contribution in [0, 0.1) is 20.8 Å². The lowest BCUT2D eigenvalue weighted by Gasteiger charge is -2.34. The summed E-state index contributed by atoms with van der Waals surface area (Å²) in [6, 6.07) is 31.9. The van der Waals surface area contributed by atoms with Crippen molar-refractivity contribution in [2.24, 2.45) is 0 Å². The van der Waals surface area contributed by atoms with E-state index in [1.54, 1.807) is 0 Å². The first-order valence-electron chi connectivity index (χ1n) is 13.1. The van der Waals surface area contributed by atoms with Crippen LogP contribution in [0.4, 0.5) is 0 Å². The first kappa shape index (κ1) is 23.4. The molecule has 0 saturated carbocycles. The number of hydrogen-bond donors (Lipinski definition) is 0. The van der Waals surface area contributed by atoms with Gasteiger partial charge in [-0.3, -0.25) is 0 Å². The summed E-state index contributed by atoms with van der Waals surface area (Å²) in [4.78, 5) is 0. The topological polar surface area (TPSA) is 9.23 Å². The van der Waals surface area contributed by atoms with Gasteiger partial charge in [-0.2, -0.15) is 0 Å². The molecule has 4 aromatic rings. The van der Waals surface area contributed by atoms with Crippen molar-refractivity contribution in [2.75, 3.05) is 6.61 Å². The number of ether oxygens (including phenoxy) is 1. The minimum atomic E-state index is -0.351. The Hall–Kier alpha value is -3.32. The van der Waals surface area contributed by atoms with E-state index in [9.17, 15) is 0 Å². The summed E-state index contributed by atoms with van der Waals surface area (Å²) in [5, 5.41) is 0. The van der Waals surface area contributed by atoms with Crippen LogP contribution in [-0.4, -0.2) is 6.61 Å². The molecule has 0 spiro atoms. The number of aryl methyl sites for hydroxylation is 3. The largest absolute Gasteiger partial charge is 0.494 e. The molecule has 35 heavy (non-hydrogen) atoms. The molecule has 0 atom stereocenters. The van der Waals surface area contributed by atoms with Gasteiger partial charge in [0.2, 0.25) is 0 Å². The van der Waals surface area contributed by atoms with Crippen LogP contribution in [0.5, 0.6) is 5.75 Å². The number of unbranched alkanes of at least 4 members (excludes halogenated alkanes) is 3. The van der Waals surface area contributed by atoms with Crippen LogP contribution in [0.2, 0.25) is 0 Å². The van der Waals surface area contributed by atoms with E-state index in [0.29, 0.717) is 0 Å². The highest BCUT2D eigenvalue weighted by atomic mass is 16.5. The maximum Gasteiger partial charge on any atom is 0.119 e. The van der Waals surface area contributed by atoms with Crippen molar-refractivity contribution in [1.82, 2.24) is 0 Å². The molecule has 1 nitrogen and oxygen atoms in total. The zero-order valence-electron chi connectivity index (χ0n) is 21.5. The third-order valence-corrected chi connectivity index (χ3v) is 7.49. The van der Waals surface area contributed by atoms with Crippen LogP contribution >= 0.6 is 0 Å². The van der Waals surface area contributed by atoms with Gasteiger partial charge >= 0.3 is 0 Å². The molecule has 4 aromatic carbocycles. The molecule has 0 aliphatic heterocycles. The Bertz CT molecular complexity index is 1260. The van der Waals surface area contributed by atoms with E-state index < -0.39 is 0 Å². The standard InChI is InChI=1S/C34H36O/c1-5-6-7-8-21-35-29-17-15-28(16-18-29)34(27-13-9-24(2)10-14-27)32-22-25(3)11-19-30(32)31-20-12-26(4)23-33(31)34/h9-20,22-23H,5-8,21H2,1-4H3. The highest BCUT2D eigenvalue weighted by Crippen LogP contribution is 2.56. The third-order valence-electron chi connectivity index (χ3n) is 7.49. The second-order valence-electron chi connectivity index (χ2n) is 10.1. The predicted octanol–water partition coefficient (Wildman–Crippen LogP) is 8.93. The minimum absolute atomic E-state index is 0.351. The van der Waals surface area contributed by atoms with Gasteiger partial charge in [-0.15, -0.1) is 0 Å². The van der Waals surface area contributed by atoms with Gasteiger partial charge in [0, 0.05) is 0 Å². The summed E-state index contributed by atoms with van der Waals surface area (Å²) >= 11 is 0.